The van der Waals surface area contributed by atoms with Gasteiger partial charge in [-0.25, -0.2) is 0 Å². The number of benzene rings is 1. The monoisotopic (exact) mass is 265 g/mol. The van der Waals surface area contributed by atoms with Gasteiger partial charge in [0.2, 0.25) is 0 Å². The first kappa shape index (κ1) is 15.3. The highest BCUT2D eigenvalue weighted by Gasteiger charge is 2.15. The smallest absolute Gasteiger partial charge is 0.172 e. The number of aliphatic hydroxyl groups is 1. The molecule has 4 N–H and O–H groups in total. The van der Waals surface area contributed by atoms with Gasteiger partial charge in [0.15, 0.2) is 5.84 Å². The summed E-state index contributed by atoms with van der Waals surface area (Å²) in [6.07, 6.45) is 2.11. The highest BCUT2D eigenvalue weighted by atomic mass is 16.4. The molecule has 0 atom stereocenters. The third kappa shape index (κ3) is 3.86. The molecule has 0 aliphatic heterocycles. The van der Waals surface area contributed by atoms with Crippen LogP contribution in [0.15, 0.2) is 23.4 Å². The van der Waals surface area contributed by atoms with E-state index in [1.165, 1.54) is 0 Å². The lowest BCUT2D eigenvalue weighted by molar-refractivity contribution is 0.301. The lowest BCUT2D eigenvalue weighted by Gasteiger charge is -2.27. The van der Waals surface area contributed by atoms with Crippen molar-refractivity contribution in [3.63, 3.8) is 0 Å². The molecule has 5 nitrogen and oxygen atoms in total. The van der Waals surface area contributed by atoms with Crippen molar-refractivity contribution in [1.82, 2.24) is 0 Å². The summed E-state index contributed by atoms with van der Waals surface area (Å²) >= 11 is 0. The van der Waals surface area contributed by atoms with E-state index in [1.807, 2.05) is 25.1 Å². The van der Waals surface area contributed by atoms with Gasteiger partial charge < -0.3 is 20.9 Å². The van der Waals surface area contributed by atoms with Gasteiger partial charge in [-0.05, 0) is 25.0 Å². The number of unbranched alkanes of at least 4 members (excludes halogenated alkanes) is 1. The minimum Gasteiger partial charge on any atom is -0.409 e. The summed E-state index contributed by atoms with van der Waals surface area (Å²) in [4.78, 5) is 2.09. The van der Waals surface area contributed by atoms with Gasteiger partial charge in [0.25, 0.3) is 0 Å². The number of para-hydroxylation sites is 1. The molecule has 0 aliphatic rings. The minimum atomic E-state index is 0.0770. The summed E-state index contributed by atoms with van der Waals surface area (Å²) < 4.78 is 0. The van der Waals surface area contributed by atoms with Crippen LogP contribution in [0.5, 0.6) is 0 Å². The van der Waals surface area contributed by atoms with Gasteiger partial charge in [-0.1, -0.05) is 30.6 Å². The SMILES string of the molecule is CCCCN(CCO)c1c(C)cccc1/C(N)=N/O. The predicted molar refractivity (Wildman–Crippen MR) is 77.9 cm³/mol. The molecule has 0 bridgehead atoms. The lowest BCUT2D eigenvalue weighted by atomic mass is 10.1. The molecule has 1 rings (SSSR count). The Morgan fingerprint density at radius 2 is 2.11 bits per heavy atom. The lowest BCUT2D eigenvalue weighted by Crippen LogP contribution is -2.31. The second kappa shape index (κ2) is 7.63. The van der Waals surface area contributed by atoms with E-state index in [9.17, 15) is 5.11 Å². The molecule has 0 saturated carbocycles. The first-order chi connectivity index (χ1) is 9.15. The molecular weight excluding hydrogens is 242 g/mol. The van der Waals surface area contributed by atoms with Crippen LogP contribution >= 0.6 is 0 Å². The predicted octanol–water partition coefficient (Wildman–Crippen LogP) is 1.69. The number of aryl methyl sites for hydroxylation is 1. The molecule has 0 radical (unpaired) electrons. The number of rotatable bonds is 7. The number of nitrogens with zero attached hydrogens (tertiary/aromatic N) is 2. The maximum absolute atomic E-state index is 9.22. The van der Waals surface area contributed by atoms with Gasteiger partial charge in [0.05, 0.1) is 12.3 Å². The largest absolute Gasteiger partial charge is 0.409 e. The number of oxime groups is 1. The normalized spacial score (nSPS) is 11.6. The van der Waals surface area contributed by atoms with E-state index < -0.39 is 0 Å². The number of amidine groups is 1. The van der Waals surface area contributed by atoms with Gasteiger partial charge >= 0.3 is 0 Å². The molecule has 0 amide bonds. The third-order valence-electron chi connectivity index (χ3n) is 3.09. The van der Waals surface area contributed by atoms with Crippen molar-refractivity contribution in [3.8, 4) is 0 Å². The molecule has 0 unspecified atom stereocenters. The van der Waals surface area contributed by atoms with Crippen LogP contribution in [0.4, 0.5) is 5.69 Å². The fraction of sp³-hybridized carbons (Fsp3) is 0.500. The van der Waals surface area contributed by atoms with Crippen LogP contribution in [0.2, 0.25) is 0 Å². The summed E-state index contributed by atoms with van der Waals surface area (Å²) in [5, 5.41) is 21.2. The third-order valence-corrected chi connectivity index (χ3v) is 3.09. The van der Waals surface area contributed by atoms with E-state index in [4.69, 9.17) is 10.9 Å². The van der Waals surface area contributed by atoms with Crippen LogP contribution < -0.4 is 10.6 Å². The highest BCUT2D eigenvalue weighted by molar-refractivity contribution is 6.02. The van der Waals surface area contributed by atoms with Crippen LogP contribution in [0.3, 0.4) is 0 Å². The Morgan fingerprint density at radius 1 is 1.37 bits per heavy atom. The fourth-order valence-electron chi connectivity index (χ4n) is 2.14. The molecule has 0 fully saturated rings. The number of hydrogen-bond donors (Lipinski definition) is 3. The van der Waals surface area contributed by atoms with Crippen LogP contribution in [0.1, 0.15) is 30.9 Å². The topological polar surface area (TPSA) is 82.1 Å². The van der Waals surface area contributed by atoms with Crippen LogP contribution in [0, 0.1) is 6.92 Å². The van der Waals surface area contributed by atoms with Crippen molar-refractivity contribution >= 4 is 11.5 Å². The number of anilines is 1. The molecule has 19 heavy (non-hydrogen) atoms. The van der Waals surface area contributed by atoms with Crippen molar-refractivity contribution in [2.75, 3.05) is 24.6 Å². The number of aliphatic hydroxyl groups excluding tert-OH is 1. The molecule has 1 aromatic rings. The molecule has 0 aliphatic carbocycles. The molecule has 5 heteroatoms. The van der Waals surface area contributed by atoms with Crippen molar-refractivity contribution in [2.45, 2.75) is 26.7 Å². The zero-order chi connectivity index (χ0) is 14.3. The standard InChI is InChI=1S/C14H23N3O2/c1-3-4-8-17(9-10-18)13-11(2)6-5-7-12(13)14(15)16-19/h5-7,18-19H,3-4,8-10H2,1-2H3,(H2,15,16). The van der Waals surface area contributed by atoms with E-state index in [2.05, 4.69) is 17.0 Å². The van der Waals surface area contributed by atoms with E-state index in [1.54, 1.807) is 0 Å². The minimum absolute atomic E-state index is 0.0770. The maximum Gasteiger partial charge on any atom is 0.172 e. The summed E-state index contributed by atoms with van der Waals surface area (Å²) in [5.41, 5.74) is 8.42. The van der Waals surface area contributed by atoms with Crippen molar-refractivity contribution < 1.29 is 10.3 Å². The van der Waals surface area contributed by atoms with Gasteiger partial charge in [-0.3, -0.25) is 0 Å². The Bertz CT molecular complexity index is 433. The summed E-state index contributed by atoms with van der Waals surface area (Å²) in [7, 11) is 0. The van der Waals surface area contributed by atoms with E-state index in [-0.39, 0.29) is 12.4 Å². The summed E-state index contributed by atoms with van der Waals surface area (Å²) in [6.45, 7) is 5.57. The average molecular weight is 265 g/mol. The van der Waals surface area contributed by atoms with Crippen molar-refractivity contribution in [2.24, 2.45) is 10.9 Å². The summed E-state index contributed by atoms with van der Waals surface area (Å²) in [5.74, 6) is 0.0955. The van der Waals surface area contributed by atoms with Gasteiger partial charge in [-0.2, -0.15) is 0 Å². The number of hydrogen-bond acceptors (Lipinski definition) is 4. The van der Waals surface area contributed by atoms with Gasteiger partial charge in [0.1, 0.15) is 0 Å². The second-order valence-corrected chi connectivity index (χ2v) is 4.52. The van der Waals surface area contributed by atoms with Gasteiger partial charge in [0, 0.05) is 18.7 Å². The van der Waals surface area contributed by atoms with Crippen LogP contribution in [-0.2, 0) is 0 Å². The Labute approximate surface area is 114 Å². The average Bonchev–Trinajstić information content (AvgIpc) is 2.42. The highest BCUT2D eigenvalue weighted by Crippen LogP contribution is 2.25. The van der Waals surface area contributed by atoms with Crippen molar-refractivity contribution in [3.05, 3.63) is 29.3 Å². The molecular formula is C14H23N3O2. The molecule has 0 saturated heterocycles. The van der Waals surface area contributed by atoms with Crippen LogP contribution in [0.25, 0.3) is 0 Å². The van der Waals surface area contributed by atoms with E-state index in [0.717, 1.165) is 30.6 Å². The van der Waals surface area contributed by atoms with Crippen molar-refractivity contribution in [1.29, 1.82) is 0 Å². The molecule has 0 spiro atoms. The van der Waals surface area contributed by atoms with Crippen LogP contribution in [-0.4, -0.2) is 35.8 Å². The molecule has 1 aromatic carbocycles. The molecule has 106 valence electrons. The zero-order valence-electron chi connectivity index (χ0n) is 11.6. The summed E-state index contributed by atoms with van der Waals surface area (Å²) in [6, 6.07) is 5.69. The number of nitrogens with two attached hydrogens (primary N) is 1. The second-order valence-electron chi connectivity index (χ2n) is 4.52. The Morgan fingerprint density at radius 3 is 2.68 bits per heavy atom. The van der Waals surface area contributed by atoms with E-state index in [0.29, 0.717) is 12.1 Å². The fourth-order valence-corrected chi connectivity index (χ4v) is 2.14. The molecule has 0 heterocycles. The Kier molecular flexibility index (Phi) is 6.15. The maximum atomic E-state index is 9.22. The first-order valence-electron chi connectivity index (χ1n) is 6.59. The van der Waals surface area contributed by atoms with E-state index >= 15 is 0 Å². The first-order valence-corrected chi connectivity index (χ1v) is 6.59. The zero-order valence-corrected chi connectivity index (χ0v) is 11.6. The van der Waals surface area contributed by atoms with Gasteiger partial charge in [-0.15, -0.1) is 0 Å². The molecule has 0 aromatic heterocycles. The Balaban J connectivity index is 3.19. The quantitative estimate of drug-likeness (QED) is 0.303. The Hall–Kier alpha value is -1.75.